The number of rotatable bonds is 7. The molecular formula is C14H15F2N3O3S. The second-order valence-electron chi connectivity index (χ2n) is 4.80. The van der Waals surface area contributed by atoms with Gasteiger partial charge in [0.05, 0.1) is 5.75 Å². The van der Waals surface area contributed by atoms with Crippen molar-refractivity contribution in [3.8, 4) is 5.75 Å². The molecule has 1 amide bonds. The van der Waals surface area contributed by atoms with Crippen molar-refractivity contribution in [2.24, 2.45) is 0 Å². The molecule has 0 spiro atoms. The number of hydrogen-bond acceptors (Lipinski definition) is 6. The van der Waals surface area contributed by atoms with E-state index in [9.17, 15) is 13.6 Å². The zero-order valence-corrected chi connectivity index (χ0v) is 13.3. The molecule has 9 heteroatoms. The van der Waals surface area contributed by atoms with E-state index < -0.39 is 6.61 Å². The minimum Gasteiger partial charge on any atom is -0.435 e. The third-order valence-electron chi connectivity index (χ3n) is 2.61. The highest BCUT2D eigenvalue weighted by molar-refractivity contribution is 7.99. The van der Waals surface area contributed by atoms with Crippen LogP contribution in [0.25, 0.3) is 0 Å². The smallest absolute Gasteiger partial charge is 0.387 e. The van der Waals surface area contributed by atoms with Crippen molar-refractivity contribution < 1.29 is 22.7 Å². The van der Waals surface area contributed by atoms with E-state index >= 15 is 0 Å². The maximum absolute atomic E-state index is 12.0. The summed E-state index contributed by atoms with van der Waals surface area (Å²) >= 11 is 1.12. The number of nitrogens with zero attached hydrogens (tertiary/aromatic N) is 2. The van der Waals surface area contributed by atoms with Crippen LogP contribution in [0.3, 0.4) is 0 Å². The first kappa shape index (κ1) is 17.2. The highest BCUT2D eigenvalue weighted by Crippen LogP contribution is 2.21. The normalized spacial score (nSPS) is 11.0. The molecule has 6 nitrogen and oxygen atoms in total. The van der Waals surface area contributed by atoms with Crippen molar-refractivity contribution in [3.63, 3.8) is 0 Å². The fourth-order valence-electron chi connectivity index (χ4n) is 1.56. The molecule has 0 fully saturated rings. The van der Waals surface area contributed by atoms with E-state index in [1.165, 1.54) is 24.3 Å². The molecule has 0 bridgehead atoms. The van der Waals surface area contributed by atoms with Crippen LogP contribution in [0.1, 0.15) is 25.7 Å². The van der Waals surface area contributed by atoms with Crippen molar-refractivity contribution in [2.75, 3.05) is 11.1 Å². The third-order valence-corrected chi connectivity index (χ3v) is 3.42. The fourth-order valence-corrected chi connectivity index (χ4v) is 2.13. The Balaban J connectivity index is 1.82. The molecule has 0 aliphatic rings. The highest BCUT2D eigenvalue weighted by atomic mass is 32.2. The second-order valence-corrected chi connectivity index (χ2v) is 5.73. The maximum Gasteiger partial charge on any atom is 0.387 e. The number of carbonyl (C=O) groups is 1. The van der Waals surface area contributed by atoms with Crippen LogP contribution >= 0.6 is 11.8 Å². The number of amides is 1. The van der Waals surface area contributed by atoms with Gasteiger partial charge in [-0.05, 0) is 24.3 Å². The predicted molar refractivity (Wildman–Crippen MR) is 80.8 cm³/mol. The molecule has 0 aliphatic heterocycles. The van der Waals surface area contributed by atoms with Gasteiger partial charge in [0.15, 0.2) is 0 Å². The lowest BCUT2D eigenvalue weighted by molar-refractivity contribution is -0.113. The highest BCUT2D eigenvalue weighted by Gasteiger charge is 2.12. The lowest BCUT2D eigenvalue weighted by Gasteiger charge is -2.07. The number of carbonyl (C=O) groups excluding carboxylic acids is 1. The lowest BCUT2D eigenvalue weighted by atomic mass is 10.2. The van der Waals surface area contributed by atoms with Crippen LogP contribution < -0.4 is 10.1 Å². The number of aromatic nitrogens is 2. The molecule has 1 aromatic carbocycles. The van der Waals surface area contributed by atoms with Crippen LogP contribution in [0, 0.1) is 0 Å². The fraction of sp³-hybridized carbons (Fsp3) is 0.357. The van der Waals surface area contributed by atoms with Gasteiger partial charge in [-0.25, -0.2) is 0 Å². The van der Waals surface area contributed by atoms with Crippen molar-refractivity contribution in [1.82, 2.24) is 10.2 Å². The van der Waals surface area contributed by atoms with Crippen molar-refractivity contribution in [2.45, 2.75) is 31.6 Å². The van der Waals surface area contributed by atoms with E-state index in [1.54, 1.807) is 0 Å². The van der Waals surface area contributed by atoms with Gasteiger partial charge in [0.25, 0.3) is 5.22 Å². The number of alkyl halides is 2. The van der Waals surface area contributed by atoms with E-state index in [0.29, 0.717) is 16.8 Å². The molecule has 2 aromatic rings. The maximum atomic E-state index is 12.0. The summed E-state index contributed by atoms with van der Waals surface area (Å²) in [4.78, 5) is 11.8. The first-order chi connectivity index (χ1) is 10.9. The summed E-state index contributed by atoms with van der Waals surface area (Å²) in [6.07, 6.45) is 0. The first-order valence-corrected chi connectivity index (χ1v) is 7.73. The minimum absolute atomic E-state index is 0.0273. The van der Waals surface area contributed by atoms with E-state index in [-0.39, 0.29) is 23.3 Å². The van der Waals surface area contributed by atoms with Crippen LogP contribution in [0.4, 0.5) is 14.5 Å². The molecule has 1 aromatic heterocycles. The number of ether oxygens (including phenoxy) is 1. The molecule has 1 heterocycles. The SMILES string of the molecule is CC(C)c1nnc(SCC(=O)Nc2ccc(OC(F)F)cc2)o1. The van der Waals surface area contributed by atoms with E-state index in [4.69, 9.17) is 4.42 Å². The molecule has 1 N–H and O–H groups in total. The number of thioether (sulfide) groups is 1. The van der Waals surface area contributed by atoms with Crippen molar-refractivity contribution in [3.05, 3.63) is 30.2 Å². The van der Waals surface area contributed by atoms with Crippen molar-refractivity contribution >= 4 is 23.4 Å². The third kappa shape index (κ3) is 5.51. The first-order valence-electron chi connectivity index (χ1n) is 6.75. The summed E-state index contributed by atoms with van der Waals surface area (Å²) in [6, 6.07) is 5.65. The van der Waals surface area contributed by atoms with E-state index in [1.807, 2.05) is 13.8 Å². The molecule has 0 aliphatic carbocycles. The number of hydrogen-bond donors (Lipinski definition) is 1. The summed E-state index contributed by atoms with van der Waals surface area (Å²) in [6.45, 7) is 0.976. The number of halogens is 2. The standard InChI is InChI=1S/C14H15F2N3O3S/c1-8(2)12-18-19-14(22-12)23-7-11(20)17-9-3-5-10(6-4-9)21-13(15)16/h3-6,8,13H,7H2,1-2H3,(H,17,20). The molecule has 2 rings (SSSR count). The van der Waals surface area contributed by atoms with Gasteiger partial charge in [0, 0.05) is 11.6 Å². The van der Waals surface area contributed by atoms with Gasteiger partial charge in [-0.2, -0.15) is 8.78 Å². The summed E-state index contributed by atoms with van der Waals surface area (Å²) in [5, 5.41) is 10.7. The minimum atomic E-state index is -2.88. The van der Waals surface area contributed by atoms with Gasteiger partial charge in [-0.3, -0.25) is 4.79 Å². The molecule has 0 saturated carbocycles. The van der Waals surface area contributed by atoms with E-state index in [0.717, 1.165) is 11.8 Å². The van der Waals surface area contributed by atoms with Crippen LogP contribution in [0.5, 0.6) is 5.75 Å². The van der Waals surface area contributed by atoms with Crippen LogP contribution in [0.15, 0.2) is 33.9 Å². The van der Waals surface area contributed by atoms with Gasteiger partial charge in [0.1, 0.15) is 5.75 Å². The van der Waals surface area contributed by atoms with Crippen LogP contribution in [0.2, 0.25) is 0 Å². The lowest BCUT2D eigenvalue weighted by Crippen LogP contribution is -2.14. The monoisotopic (exact) mass is 343 g/mol. The number of benzene rings is 1. The Morgan fingerprint density at radius 2 is 2.00 bits per heavy atom. The Labute approximate surface area is 135 Å². The molecule has 23 heavy (non-hydrogen) atoms. The van der Waals surface area contributed by atoms with Gasteiger partial charge >= 0.3 is 6.61 Å². The molecule has 0 atom stereocenters. The zero-order chi connectivity index (χ0) is 16.8. The zero-order valence-electron chi connectivity index (χ0n) is 12.5. The van der Waals surface area contributed by atoms with Crippen LogP contribution in [-0.2, 0) is 4.79 Å². The average Bonchev–Trinajstić information content (AvgIpc) is 2.96. The Morgan fingerprint density at radius 3 is 2.57 bits per heavy atom. The summed E-state index contributed by atoms with van der Waals surface area (Å²) in [7, 11) is 0. The number of nitrogens with one attached hydrogen (secondary N) is 1. The summed E-state index contributed by atoms with van der Waals surface area (Å²) < 4.78 is 33.7. The summed E-state index contributed by atoms with van der Waals surface area (Å²) in [5.74, 6) is 0.484. The van der Waals surface area contributed by atoms with E-state index in [2.05, 4.69) is 20.3 Å². The van der Waals surface area contributed by atoms with Gasteiger partial charge in [-0.15, -0.1) is 10.2 Å². The molecule has 0 unspecified atom stereocenters. The van der Waals surface area contributed by atoms with Crippen LogP contribution in [-0.4, -0.2) is 28.5 Å². The average molecular weight is 343 g/mol. The van der Waals surface area contributed by atoms with Gasteiger partial charge in [0.2, 0.25) is 11.8 Å². The predicted octanol–water partition coefficient (Wildman–Crippen LogP) is 3.53. The molecule has 0 saturated heterocycles. The molecular weight excluding hydrogens is 328 g/mol. The number of anilines is 1. The Bertz CT molecular complexity index is 647. The topological polar surface area (TPSA) is 77.2 Å². The summed E-state index contributed by atoms with van der Waals surface area (Å²) in [5.41, 5.74) is 0.477. The molecule has 124 valence electrons. The molecule has 0 radical (unpaired) electrons. The Morgan fingerprint density at radius 1 is 1.30 bits per heavy atom. The largest absolute Gasteiger partial charge is 0.435 e. The van der Waals surface area contributed by atoms with Gasteiger partial charge < -0.3 is 14.5 Å². The van der Waals surface area contributed by atoms with Gasteiger partial charge in [-0.1, -0.05) is 25.6 Å². The Kier molecular flexibility index (Phi) is 5.91. The van der Waals surface area contributed by atoms with Crippen molar-refractivity contribution in [1.29, 1.82) is 0 Å². The quantitative estimate of drug-likeness (QED) is 0.775. The Hall–Kier alpha value is -2.16. The second kappa shape index (κ2) is 7.91.